The average molecular weight is 292 g/mol. The van der Waals surface area contributed by atoms with Gasteiger partial charge in [-0.05, 0) is 18.6 Å². The number of nitrogens with zero attached hydrogens (tertiary/aromatic N) is 2. The number of halogens is 2. The first-order valence-electron chi connectivity index (χ1n) is 5.07. The second-order valence-corrected chi connectivity index (χ2v) is 3.66. The molecule has 7 heteroatoms. The number of benzene rings is 1. The molecule has 18 heavy (non-hydrogen) atoms. The summed E-state index contributed by atoms with van der Waals surface area (Å²) < 4.78 is 1.91. The van der Waals surface area contributed by atoms with E-state index >= 15 is 0 Å². The van der Waals surface area contributed by atoms with E-state index in [0.29, 0.717) is 13.0 Å². The molecule has 1 aromatic carbocycles. The maximum Gasteiger partial charge on any atom is 0.320 e. The lowest BCUT2D eigenvalue weighted by molar-refractivity contribution is -0.138. The number of para-hydroxylation sites is 2. The molecule has 100 valence electrons. The molecule has 0 radical (unpaired) electrons. The minimum Gasteiger partial charge on any atom is -0.480 e. The second-order valence-electron chi connectivity index (χ2n) is 3.66. The van der Waals surface area contributed by atoms with Crippen molar-refractivity contribution in [1.82, 2.24) is 9.55 Å². The van der Waals surface area contributed by atoms with Crippen LogP contribution in [0, 0.1) is 0 Å². The third-order valence-electron chi connectivity index (χ3n) is 2.53. The molecule has 0 spiro atoms. The van der Waals surface area contributed by atoms with Crippen LogP contribution in [-0.4, -0.2) is 26.7 Å². The molecular weight excluding hydrogens is 277 g/mol. The zero-order chi connectivity index (χ0) is 11.5. The standard InChI is InChI=1S/C11H13N3O2.2ClH/c12-8(11(15)16)5-6-14-7-13-9-3-1-2-4-10(9)14;;/h1-4,7-8H,5-6,12H2,(H,15,16);2*1H. The molecule has 0 saturated heterocycles. The molecule has 1 heterocycles. The molecule has 0 bridgehead atoms. The fraction of sp³-hybridized carbons (Fsp3) is 0.273. The van der Waals surface area contributed by atoms with Gasteiger partial charge in [-0.1, -0.05) is 12.1 Å². The van der Waals surface area contributed by atoms with Gasteiger partial charge in [0.1, 0.15) is 6.04 Å². The van der Waals surface area contributed by atoms with Crippen LogP contribution < -0.4 is 5.73 Å². The highest BCUT2D eigenvalue weighted by Crippen LogP contribution is 2.12. The second kappa shape index (κ2) is 7.20. The normalized spacial score (nSPS) is 11.4. The van der Waals surface area contributed by atoms with Crippen LogP contribution in [-0.2, 0) is 11.3 Å². The topological polar surface area (TPSA) is 81.1 Å². The summed E-state index contributed by atoms with van der Waals surface area (Å²) in [4.78, 5) is 14.8. The SMILES string of the molecule is Cl.Cl.NC(CCn1cnc2ccccc21)C(=O)O. The molecule has 1 aromatic heterocycles. The van der Waals surface area contributed by atoms with Crippen molar-refractivity contribution in [3.63, 3.8) is 0 Å². The summed E-state index contributed by atoms with van der Waals surface area (Å²) in [6.45, 7) is 0.563. The van der Waals surface area contributed by atoms with E-state index in [0.717, 1.165) is 11.0 Å². The first kappa shape index (κ1) is 16.7. The number of imidazole rings is 1. The number of fused-ring (bicyclic) bond motifs is 1. The van der Waals surface area contributed by atoms with Gasteiger partial charge in [-0.2, -0.15) is 0 Å². The minimum absolute atomic E-state index is 0. The molecule has 3 N–H and O–H groups in total. The molecule has 0 saturated carbocycles. The van der Waals surface area contributed by atoms with Gasteiger partial charge >= 0.3 is 5.97 Å². The van der Waals surface area contributed by atoms with Crippen LogP contribution in [0.25, 0.3) is 11.0 Å². The van der Waals surface area contributed by atoms with Crippen LogP contribution in [0.5, 0.6) is 0 Å². The fourth-order valence-corrected chi connectivity index (χ4v) is 1.59. The summed E-state index contributed by atoms with van der Waals surface area (Å²) in [6, 6.07) is 6.90. The number of rotatable bonds is 4. The Bertz CT molecular complexity index is 516. The lowest BCUT2D eigenvalue weighted by Crippen LogP contribution is -2.31. The maximum atomic E-state index is 10.6. The zero-order valence-corrected chi connectivity index (χ0v) is 11.2. The fourth-order valence-electron chi connectivity index (χ4n) is 1.59. The van der Waals surface area contributed by atoms with Gasteiger partial charge in [0.15, 0.2) is 0 Å². The van der Waals surface area contributed by atoms with E-state index in [1.54, 1.807) is 6.33 Å². The zero-order valence-electron chi connectivity index (χ0n) is 9.52. The number of carboxylic acid groups (broad SMARTS) is 1. The number of nitrogens with two attached hydrogens (primary N) is 1. The quantitative estimate of drug-likeness (QED) is 0.898. The summed E-state index contributed by atoms with van der Waals surface area (Å²) in [5, 5.41) is 8.67. The van der Waals surface area contributed by atoms with Crippen LogP contribution in [0.4, 0.5) is 0 Å². The Morgan fingerprint density at radius 1 is 1.39 bits per heavy atom. The van der Waals surface area contributed by atoms with E-state index in [4.69, 9.17) is 10.8 Å². The molecule has 0 fully saturated rings. The van der Waals surface area contributed by atoms with Gasteiger partial charge in [0.05, 0.1) is 17.4 Å². The van der Waals surface area contributed by atoms with Crippen LogP contribution in [0.2, 0.25) is 0 Å². The predicted molar refractivity (Wildman–Crippen MR) is 74.5 cm³/mol. The summed E-state index contributed by atoms with van der Waals surface area (Å²) in [5.74, 6) is -0.968. The van der Waals surface area contributed by atoms with Gasteiger partial charge in [0.25, 0.3) is 0 Å². The Morgan fingerprint density at radius 2 is 2.06 bits per heavy atom. The number of aromatic nitrogens is 2. The molecule has 2 aromatic rings. The molecule has 2 rings (SSSR count). The number of aliphatic carboxylic acids is 1. The van der Waals surface area contributed by atoms with Gasteiger partial charge in [-0.3, -0.25) is 4.79 Å². The predicted octanol–water partition coefficient (Wildman–Crippen LogP) is 1.68. The van der Waals surface area contributed by atoms with E-state index < -0.39 is 12.0 Å². The molecule has 5 nitrogen and oxygen atoms in total. The molecular formula is C11H15Cl2N3O2. The number of hydrogen-bond acceptors (Lipinski definition) is 3. The Balaban J connectivity index is 0.00000144. The minimum atomic E-state index is -0.968. The lowest BCUT2D eigenvalue weighted by Gasteiger charge is -2.07. The Hall–Kier alpha value is -1.30. The number of hydrogen-bond donors (Lipinski definition) is 2. The number of carbonyl (C=O) groups is 1. The summed E-state index contributed by atoms with van der Waals surface area (Å²) in [5.41, 5.74) is 7.35. The van der Waals surface area contributed by atoms with Crippen LogP contribution in [0.1, 0.15) is 6.42 Å². The van der Waals surface area contributed by atoms with Crippen molar-refractivity contribution < 1.29 is 9.90 Å². The molecule has 1 atom stereocenters. The number of carboxylic acids is 1. The van der Waals surface area contributed by atoms with Crippen molar-refractivity contribution in [2.45, 2.75) is 19.0 Å². The molecule has 1 unspecified atom stereocenters. The van der Waals surface area contributed by atoms with Crippen molar-refractivity contribution in [2.24, 2.45) is 5.73 Å². The molecule has 0 aliphatic rings. The Morgan fingerprint density at radius 3 is 2.72 bits per heavy atom. The molecule has 0 aliphatic carbocycles. The van der Waals surface area contributed by atoms with Crippen molar-refractivity contribution in [1.29, 1.82) is 0 Å². The van der Waals surface area contributed by atoms with Gasteiger partial charge in [0.2, 0.25) is 0 Å². The smallest absolute Gasteiger partial charge is 0.320 e. The maximum absolute atomic E-state index is 10.6. The van der Waals surface area contributed by atoms with E-state index in [2.05, 4.69) is 4.98 Å². The van der Waals surface area contributed by atoms with Crippen LogP contribution >= 0.6 is 24.8 Å². The lowest BCUT2D eigenvalue weighted by atomic mass is 10.2. The molecule has 0 amide bonds. The van der Waals surface area contributed by atoms with Crippen molar-refractivity contribution in [3.8, 4) is 0 Å². The monoisotopic (exact) mass is 291 g/mol. The van der Waals surface area contributed by atoms with Gasteiger partial charge < -0.3 is 15.4 Å². The van der Waals surface area contributed by atoms with E-state index in [-0.39, 0.29) is 24.8 Å². The van der Waals surface area contributed by atoms with Gasteiger partial charge in [-0.15, -0.1) is 24.8 Å². The van der Waals surface area contributed by atoms with E-state index in [9.17, 15) is 4.79 Å². The van der Waals surface area contributed by atoms with E-state index in [1.807, 2.05) is 28.8 Å². The highest BCUT2D eigenvalue weighted by Gasteiger charge is 2.11. The Kier molecular flexibility index (Phi) is 6.68. The summed E-state index contributed by atoms with van der Waals surface area (Å²) in [6.07, 6.45) is 2.11. The van der Waals surface area contributed by atoms with Crippen molar-refractivity contribution >= 4 is 41.8 Å². The van der Waals surface area contributed by atoms with Crippen molar-refractivity contribution in [3.05, 3.63) is 30.6 Å². The average Bonchev–Trinajstić information content (AvgIpc) is 2.69. The van der Waals surface area contributed by atoms with E-state index in [1.165, 1.54) is 0 Å². The van der Waals surface area contributed by atoms with Crippen LogP contribution in [0.15, 0.2) is 30.6 Å². The largest absolute Gasteiger partial charge is 0.480 e. The number of aryl methyl sites for hydroxylation is 1. The summed E-state index contributed by atoms with van der Waals surface area (Å²) >= 11 is 0. The first-order valence-corrected chi connectivity index (χ1v) is 5.07. The highest BCUT2D eigenvalue weighted by molar-refractivity contribution is 5.85. The third-order valence-corrected chi connectivity index (χ3v) is 2.53. The third kappa shape index (κ3) is 3.60. The van der Waals surface area contributed by atoms with Gasteiger partial charge in [0, 0.05) is 6.54 Å². The first-order chi connectivity index (χ1) is 7.68. The highest BCUT2D eigenvalue weighted by atomic mass is 35.5. The van der Waals surface area contributed by atoms with Gasteiger partial charge in [-0.25, -0.2) is 4.98 Å². The Labute approximate surface area is 117 Å². The van der Waals surface area contributed by atoms with Crippen LogP contribution in [0.3, 0.4) is 0 Å². The summed E-state index contributed by atoms with van der Waals surface area (Å²) in [7, 11) is 0. The molecule has 0 aliphatic heterocycles. The van der Waals surface area contributed by atoms with Crippen molar-refractivity contribution in [2.75, 3.05) is 0 Å².